The van der Waals surface area contributed by atoms with E-state index in [9.17, 15) is 4.79 Å². The molecule has 0 saturated carbocycles. The maximum atomic E-state index is 11.2. The standard InChI is InChI=1S/C8H11N5O/c14-8-11-2-1-5-13(8)12-6-7-9-3-4-10-7/h3-4,6H,1-2,5H2,(H,9,10)(H,11,14)/b12-6+. The first-order valence-electron chi connectivity index (χ1n) is 4.45. The van der Waals surface area contributed by atoms with Crippen molar-refractivity contribution < 1.29 is 4.79 Å². The molecule has 1 aromatic heterocycles. The topological polar surface area (TPSA) is 73.4 Å². The maximum absolute atomic E-state index is 11.2. The summed E-state index contributed by atoms with van der Waals surface area (Å²) in [4.78, 5) is 18.1. The van der Waals surface area contributed by atoms with Gasteiger partial charge in [0.15, 0.2) is 0 Å². The molecule has 6 heteroatoms. The summed E-state index contributed by atoms with van der Waals surface area (Å²) in [6, 6.07) is -0.154. The molecule has 0 aliphatic carbocycles. The van der Waals surface area contributed by atoms with Crippen molar-refractivity contribution in [3.63, 3.8) is 0 Å². The molecule has 0 bridgehead atoms. The summed E-state index contributed by atoms with van der Waals surface area (Å²) in [7, 11) is 0. The van der Waals surface area contributed by atoms with Gasteiger partial charge in [0.1, 0.15) is 5.82 Å². The monoisotopic (exact) mass is 193 g/mol. The molecule has 1 aliphatic heterocycles. The van der Waals surface area contributed by atoms with E-state index in [1.54, 1.807) is 12.4 Å². The van der Waals surface area contributed by atoms with Crippen molar-refractivity contribution in [2.24, 2.45) is 5.10 Å². The Morgan fingerprint density at radius 2 is 2.57 bits per heavy atom. The lowest BCUT2D eigenvalue weighted by molar-refractivity contribution is 0.189. The number of hydrogen-bond donors (Lipinski definition) is 2. The summed E-state index contributed by atoms with van der Waals surface area (Å²) < 4.78 is 0. The van der Waals surface area contributed by atoms with Crippen molar-refractivity contribution in [1.82, 2.24) is 20.3 Å². The largest absolute Gasteiger partial charge is 0.344 e. The first-order chi connectivity index (χ1) is 6.86. The van der Waals surface area contributed by atoms with E-state index < -0.39 is 0 Å². The molecule has 14 heavy (non-hydrogen) atoms. The van der Waals surface area contributed by atoms with E-state index in [0.29, 0.717) is 12.4 Å². The molecule has 74 valence electrons. The van der Waals surface area contributed by atoms with Gasteiger partial charge in [0.25, 0.3) is 0 Å². The van der Waals surface area contributed by atoms with Gasteiger partial charge in [-0.15, -0.1) is 0 Å². The predicted molar refractivity (Wildman–Crippen MR) is 50.9 cm³/mol. The lowest BCUT2D eigenvalue weighted by atomic mass is 10.4. The Morgan fingerprint density at radius 3 is 3.29 bits per heavy atom. The van der Waals surface area contributed by atoms with Gasteiger partial charge in [-0.25, -0.2) is 14.8 Å². The quantitative estimate of drug-likeness (QED) is 0.656. The smallest absolute Gasteiger partial charge is 0.337 e. The van der Waals surface area contributed by atoms with Crippen LogP contribution in [-0.2, 0) is 0 Å². The van der Waals surface area contributed by atoms with Crippen LogP contribution in [0.25, 0.3) is 0 Å². The third-order valence-corrected chi connectivity index (χ3v) is 1.90. The number of amides is 2. The number of hydrogen-bond acceptors (Lipinski definition) is 3. The van der Waals surface area contributed by atoms with Crippen LogP contribution in [0.2, 0.25) is 0 Å². The highest BCUT2D eigenvalue weighted by atomic mass is 16.2. The predicted octanol–water partition coefficient (Wildman–Crippen LogP) is 0.159. The molecular formula is C8H11N5O. The van der Waals surface area contributed by atoms with Crippen LogP contribution in [0.3, 0.4) is 0 Å². The fourth-order valence-electron chi connectivity index (χ4n) is 1.20. The summed E-state index contributed by atoms with van der Waals surface area (Å²) in [5.74, 6) is 0.642. The number of aromatic nitrogens is 2. The van der Waals surface area contributed by atoms with Crippen LogP contribution >= 0.6 is 0 Å². The SMILES string of the molecule is O=C1NCCCN1/N=C/c1ncc[nH]1. The van der Waals surface area contributed by atoms with Crippen LogP contribution in [0.4, 0.5) is 4.79 Å². The lowest BCUT2D eigenvalue weighted by Gasteiger charge is -2.22. The Bertz CT molecular complexity index is 332. The molecule has 0 unspecified atom stereocenters. The molecule has 1 aliphatic rings. The van der Waals surface area contributed by atoms with Crippen LogP contribution in [-0.4, -0.2) is 40.3 Å². The number of rotatable bonds is 2. The first-order valence-corrected chi connectivity index (χ1v) is 4.45. The average Bonchev–Trinajstić information content (AvgIpc) is 2.69. The van der Waals surface area contributed by atoms with E-state index in [2.05, 4.69) is 20.4 Å². The van der Waals surface area contributed by atoms with Gasteiger partial charge >= 0.3 is 6.03 Å². The van der Waals surface area contributed by atoms with Crippen molar-refractivity contribution in [3.8, 4) is 0 Å². The first kappa shape index (κ1) is 8.74. The number of urea groups is 1. The zero-order valence-electron chi connectivity index (χ0n) is 7.60. The van der Waals surface area contributed by atoms with Crippen molar-refractivity contribution in [3.05, 3.63) is 18.2 Å². The second kappa shape index (κ2) is 3.91. The molecule has 0 spiro atoms. The summed E-state index contributed by atoms with van der Waals surface area (Å²) in [5, 5.41) is 8.11. The molecule has 1 saturated heterocycles. The normalized spacial score (nSPS) is 17.4. The van der Waals surface area contributed by atoms with Gasteiger partial charge < -0.3 is 10.3 Å². The van der Waals surface area contributed by atoms with Gasteiger partial charge in [0.05, 0.1) is 6.21 Å². The highest BCUT2D eigenvalue weighted by Gasteiger charge is 2.15. The summed E-state index contributed by atoms with van der Waals surface area (Å²) in [5.41, 5.74) is 0. The van der Waals surface area contributed by atoms with E-state index in [1.165, 1.54) is 11.2 Å². The third kappa shape index (κ3) is 1.90. The van der Waals surface area contributed by atoms with E-state index >= 15 is 0 Å². The number of aromatic amines is 1. The van der Waals surface area contributed by atoms with E-state index in [-0.39, 0.29) is 6.03 Å². The number of carbonyl (C=O) groups excluding carboxylic acids is 1. The highest BCUT2D eigenvalue weighted by molar-refractivity contribution is 5.79. The van der Waals surface area contributed by atoms with Gasteiger partial charge in [-0.05, 0) is 6.42 Å². The summed E-state index contributed by atoms with van der Waals surface area (Å²) >= 11 is 0. The number of nitrogens with one attached hydrogen (secondary N) is 2. The number of imidazole rings is 1. The molecule has 2 N–H and O–H groups in total. The van der Waals surface area contributed by atoms with Crippen LogP contribution in [0.5, 0.6) is 0 Å². The van der Waals surface area contributed by atoms with E-state index in [4.69, 9.17) is 0 Å². The van der Waals surface area contributed by atoms with Gasteiger partial charge in [0, 0.05) is 25.5 Å². The number of nitrogens with zero attached hydrogens (tertiary/aromatic N) is 3. The van der Waals surface area contributed by atoms with Crippen molar-refractivity contribution >= 4 is 12.2 Å². The maximum Gasteiger partial charge on any atom is 0.337 e. The molecule has 1 fully saturated rings. The number of H-pyrrole nitrogens is 1. The minimum atomic E-state index is -0.154. The molecule has 6 nitrogen and oxygen atoms in total. The molecule has 0 atom stereocenters. The van der Waals surface area contributed by atoms with E-state index in [0.717, 1.165) is 13.0 Å². The zero-order chi connectivity index (χ0) is 9.80. The van der Waals surface area contributed by atoms with Crippen LogP contribution in [0, 0.1) is 0 Å². The van der Waals surface area contributed by atoms with Crippen molar-refractivity contribution in [1.29, 1.82) is 0 Å². The summed E-state index contributed by atoms with van der Waals surface area (Å²) in [6.07, 6.45) is 5.79. The summed E-state index contributed by atoms with van der Waals surface area (Å²) in [6.45, 7) is 1.38. The van der Waals surface area contributed by atoms with Crippen LogP contribution in [0.1, 0.15) is 12.2 Å². The van der Waals surface area contributed by atoms with Gasteiger partial charge in [0.2, 0.25) is 0 Å². The van der Waals surface area contributed by atoms with Crippen molar-refractivity contribution in [2.45, 2.75) is 6.42 Å². The molecule has 1 aromatic rings. The van der Waals surface area contributed by atoms with Crippen LogP contribution < -0.4 is 5.32 Å². The van der Waals surface area contributed by atoms with Crippen molar-refractivity contribution in [2.75, 3.05) is 13.1 Å². The molecule has 2 rings (SSSR count). The van der Waals surface area contributed by atoms with E-state index in [1.807, 2.05) is 0 Å². The number of carbonyl (C=O) groups is 1. The fourth-order valence-corrected chi connectivity index (χ4v) is 1.20. The number of hydrazone groups is 1. The molecule has 2 heterocycles. The van der Waals surface area contributed by atoms with Gasteiger partial charge in [-0.2, -0.15) is 5.10 Å². The Balaban J connectivity index is 1.99. The zero-order valence-corrected chi connectivity index (χ0v) is 7.60. The Kier molecular flexibility index (Phi) is 2.44. The minimum absolute atomic E-state index is 0.154. The fraction of sp³-hybridized carbons (Fsp3) is 0.375. The Labute approximate surface area is 81.0 Å². The van der Waals surface area contributed by atoms with Crippen LogP contribution in [0.15, 0.2) is 17.5 Å². The highest BCUT2D eigenvalue weighted by Crippen LogP contribution is 1.99. The Morgan fingerprint density at radius 1 is 1.64 bits per heavy atom. The lowest BCUT2D eigenvalue weighted by Crippen LogP contribution is -2.43. The molecule has 2 amide bonds. The van der Waals surface area contributed by atoms with Gasteiger partial charge in [-0.3, -0.25) is 0 Å². The molecular weight excluding hydrogens is 182 g/mol. The average molecular weight is 193 g/mol. The second-order valence-corrected chi connectivity index (χ2v) is 2.93. The third-order valence-electron chi connectivity index (χ3n) is 1.90. The molecule has 0 radical (unpaired) electrons. The Hall–Kier alpha value is -1.85. The van der Waals surface area contributed by atoms with Gasteiger partial charge in [-0.1, -0.05) is 0 Å². The second-order valence-electron chi connectivity index (χ2n) is 2.93. The minimum Gasteiger partial charge on any atom is -0.344 e. The molecule has 0 aromatic carbocycles.